The van der Waals surface area contributed by atoms with Crippen molar-refractivity contribution >= 4 is 17.4 Å². The fourth-order valence-corrected chi connectivity index (χ4v) is 2.47. The fourth-order valence-electron chi connectivity index (χ4n) is 2.47. The monoisotopic (exact) mass is 283 g/mol. The number of carbonyl (C=O) groups is 2. The summed E-state index contributed by atoms with van der Waals surface area (Å²) in [6.07, 6.45) is 7.50. The normalized spacial score (nSPS) is 21.7. The van der Waals surface area contributed by atoms with E-state index in [0.717, 1.165) is 29.8 Å². The molecule has 3 rings (SSSR count). The lowest BCUT2D eigenvalue weighted by Crippen LogP contribution is -2.41. The van der Waals surface area contributed by atoms with Gasteiger partial charge in [0.1, 0.15) is 0 Å². The minimum absolute atomic E-state index is 0.0211. The molecule has 0 saturated heterocycles. The van der Waals surface area contributed by atoms with Crippen molar-refractivity contribution in [2.75, 3.05) is 5.32 Å². The van der Waals surface area contributed by atoms with Crippen molar-refractivity contribution < 1.29 is 9.59 Å². The van der Waals surface area contributed by atoms with Crippen LogP contribution in [0.25, 0.3) is 0 Å². The first-order chi connectivity index (χ1) is 10.2. The van der Waals surface area contributed by atoms with E-state index in [-0.39, 0.29) is 17.7 Å². The summed E-state index contributed by atoms with van der Waals surface area (Å²) in [5.74, 6) is 0.0473. The summed E-state index contributed by atoms with van der Waals surface area (Å²) in [7, 11) is 0. The number of hydrazine groups is 1. The number of allylic oxidation sites excluding steroid dienone is 2. The van der Waals surface area contributed by atoms with Crippen LogP contribution in [0.3, 0.4) is 0 Å². The molecule has 1 unspecified atom stereocenters. The molecule has 0 radical (unpaired) electrons. The summed E-state index contributed by atoms with van der Waals surface area (Å²) in [6, 6.07) is 7.91. The number of hydrogen-bond acceptors (Lipinski definition) is 4. The van der Waals surface area contributed by atoms with Crippen LogP contribution in [0.15, 0.2) is 48.2 Å². The van der Waals surface area contributed by atoms with Gasteiger partial charge < -0.3 is 5.32 Å². The van der Waals surface area contributed by atoms with Crippen LogP contribution < -0.4 is 16.2 Å². The number of anilines is 1. The fraction of sp³-hybridized carbons (Fsp3) is 0.250. The molecule has 2 aliphatic rings. The highest BCUT2D eigenvalue weighted by Crippen LogP contribution is 2.21. The van der Waals surface area contributed by atoms with Gasteiger partial charge in [-0.05, 0) is 30.5 Å². The standard InChI is InChI=1S/C16H17N3O2/c20-14-3-1-2-13(10-14)17-12-6-4-11(5-7-12)15-8-9-16(21)19-18-15/h4-10,15,17-18H,1-3H2,(H,19,21). The number of benzene rings is 1. The number of nitrogens with one attached hydrogen (secondary N) is 3. The van der Waals surface area contributed by atoms with Gasteiger partial charge in [0.25, 0.3) is 5.91 Å². The molecule has 0 aromatic heterocycles. The van der Waals surface area contributed by atoms with Crippen LogP contribution in [0, 0.1) is 0 Å². The van der Waals surface area contributed by atoms with Crippen molar-refractivity contribution in [1.82, 2.24) is 10.9 Å². The van der Waals surface area contributed by atoms with Crippen LogP contribution in [-0.2, 0) is 9.59 Å². The number of carbonyl (C=O) groups excluding carboxylic acids is 2. The summed E-state index contributed by atoms with van der Waals surface area (Å²) in [4.78, 5) is 22.4. The molecule has 0 saturated carbocycles. The van der Waals surface area contributed by atoms with Gasteiger partial charge >= 0.3 is 0 Å². The summed E-state index contributed by atoms with van der Waals surface area (Å²) in [5, 5.41) is 3.28. The summed E-state index contributed by atoms with van der Waals surface area (Å²) in [5.41, 5.74) is 8.50. The van der Waals surface area contributed by atoms with Gasteiger partial charge in [-0.2, -0.15) is 0 Å². The predicted octanol–water partition coefficient (Wildman–Crippen LogP) is 1.97. The molecule has 1 aliphatic carbocycles. The van der Waals surface area contributed by atoms with Gasteiger partial charge in [0.15, 0.2) is 5.78 Å². The maximum atomic E-state index is 11.4. The highest BCUT2D eigenvalue weighted by molar-refractivity contribution is 5.91. The lowest BCUT2D eigenvalue weighted by Gasteiger charge is -2.20. The molecule has 1 aromatic rings. The maximum absolute atomic E-state index is 11.4. The lowest BCUT2D eigenvalue weighted by atomic mass is 10.0. The SMILES string of the molecule is O=C1C=C(Nc2ccc(C3C=CC(=O)NN3)cc2)CCC1. The quantitative estimate of drug-likeness (QED) is 0.793. The van der Waals surface area contributed by atoms with E-state index < -0.39 is 0 Å². The van der Waals surface area contributed by atoms with Crippen LogP contribution in [-0.4, -0.2) is 11.7 Å². The van der Waals surface area contributed by atoms with E-state index in [9.17, 15) is 9.59 Å². The van der Waals surface area contributed by atoms with Crippen LogP contribution >= 0.6 is 0 Å². The van der Waals surface area contributed by atoms with Gasteiger partial charge in [-0.15, -0.1) is 0 Å². The van der Waals surface area contributed by atoms with Gasteiger partial charge in [-0.3, -0.25) is 15.0 Å². The van der Waals surface area contributed by atoms with E-state index in [2.05, 4.69) is 16.2 Å². The zero-order valence-corrected chi connectivity index (χ0v) is 11.6. The van der Waals surface area contributed by atoms with Crippen molar-refractivity contribution in [3.05, 3.63) is 53.8 Å². The molecule has 108 valence electrons. The third kappa shape index (κ3) is 3.38. The Morgan fingerprint density at radius 2 is 1.90 bits per heavy atom. The molecule has 1 atom stereocenters. The van der Waals surface area contributed by atoms with Gasteiger partial charge in [-0.1, -0.05) is 18.2 Å². The first kappa shape index (κ1) is 13.6. The molecule has 21 heavy (non-hydrogen) atoms. The van der Waals surface area contributed by atoms with Gasteiger partial charge in [0, 0.05) is 30.0 Å². The van der Waals surface area contributed by atoms with Gasteiger partial charge in [0.05, 0.1) is 6.04 Å². The number of amides is 1. The molecule has 1 heterocycles. The topological polar surface area (TPSA) is 70.2 Å². The molecule has 0 fully saturated rings. The molecular weight excluding hydrogens is 266 g/mol. The Bertz CT molecular complexity index is 617. The third-order valence-corrected chi connectivity index (χ3v) is 3.57. The molecule has 0 spiro atoms. The van der Waals surface area contributed by atoms with Crippen LogP contribution in [0.4, 0.5) is 5.69 Å². The molecule has 5 heteroatoms. The van der Waals surface area contributed by atoms with Crippen LogP contribution in [0.1, 0.15) is 30.9 Å². The van der Waals surface area contributed by atoms with Crippen molar-refractivity contribution in [2.45, 2.75) is 25.3 Å². The lowest BCUT2D eigenvalue weighted by molar-refractivity contribution is -0.118. The largest absolute Gasteiger partial charge is 0.359 e. The molecule has 3 N–H and O–H groups in total. The molecule has 1 amide bonds. The molecule has 5 nitrogen and oxygen atoms in total. The third-order valence-electron chi connectivity index (χ3n) is 3.57. The average Bonchev–Trinajstić information content (AvgIpc) is 2.49. The van der Waals surface area contributed by atoms with Crippen molar-refractivity contribution in [2.24, 2.45) is 0 Å². The Hall–Kier alpha value is -2.40. The summed E-state index contributed by atoms with van der Waals surface area (Å²) < 4.78 is 0. The minimum Gasteiger partial charge on any atom is -0.359 e. The second-order valence-corrected chi connectivity index (χ2v) is 5.21. The smallest absolute Gasteiger partial charge is 0.257 e. The zero-order valence-electron chi connectivity index (χ0n) is 11.6. The van der Waals surface area contributed by atoms with Crippen LogP contribution in [0.2, 0.25) is 0 Å². The number of ketones is 1. The van der Waals surface area contributed by atoms with Crippen molar-refractivity contribution in [3.63, 3.8) is 0 Å². The molecule has 0 bridgehead atoms. The van der Waals surface area contributed by atoms with Gasteiger partial charge in [0.2, 0.25) is 0 Å². The minimum atomic E-state index is -0.140. The molecular formula is C16H17N3O2. The second kappa shape index (κ2) is 5.93. The first-order valence-electron chi connectivity index (χ1n) is 7.05. The summed E-state index contributed by atoms with van der Waals surface area (Å²) >= 11 is 0. The van der Waals surface area contributed by atoms with E-state index in [1.54, 1.807) is 6.08 Å². The van der Waals surface area contributed by atoms with Gasteiger partial charge in [-0.25, -0.2) is 5.43 Å². The highest BCUT2D eigenvalue weighted by atomic mass is 16.2. The summed E-state index contributed by atoms with van der Waals surface area (Å²) in [6.45, 7) is 0. The van der Waals surface area contributed by atoms with E-state index in [0.29, 0.717) is 6.42 Å². The zero-order chi connectivity index (χ0) is 14.7. The van der Waals surface area contributed by atoms with E-state index in [1.807, 2.05) is 30.3 Å². The first-order valence-corrected chi connectivity index (χ1v) is 7.05. The van der Waals surface area contributed by atoms with Crippen molar-refractivity contribution in [3.8, 4) is 0 Å². The average molecular weight is 283 g/mol. The van der Waals surface area contributed by atoms with E-state index >= 15 is 0 Å². The maximum Gasteiger partial charge on any atom is 0.257 e. The van der Waals surface area contributed by atoms with E-state index in [4.69, 9.17) is 0 Å². The molecule has 1 aromatic carbocycles. The molecule has 1 aliphatic heterocycles. The Kier molecular flexibility index (Phi) is 3.83. The van der Waals surface area contributed by atoms with Crippen molar-refractivity contribution in [1.29, 1.82) is 0 Å². The Morgan fingerprint density at radius 3 is 2.57 bits per heavy atom. The number of rotatable bonds is 3. The Labute approximate surface area is 123 Å². The van der Waals surface area contributed by atoms with E-state index in [1.165, 1.54) is 6.08 Å². The Balaban J connectivity index is 1.68. The second-order valence-electron chi connectivity index (χ2n) is 5.21. The van der Waals surface area contributed by atoms with Crippen LogP contribution in [0.5, 0.6) is 0 Å². The number of hydrogen-bond donors (Lipinski definition) is 3. The Morgan fingerprint density at radius 1 is 1.10 bits per heavy atom. The highest BCUT2D eigenvalue weighted by Gasteiger charge is 2.13. The predicted molar refractivity (Wildman–Crippen MR) is 80.2 cm³/mol.